The molecule has 2 rings (SSSR count). The first-order valence-corrected chi connectivity index (χ1v) is 6.41. The van der Waals surface area contributed by atoms with E-state index in [1.165, 1.54) is 38.5 Å². The first kappa shape index (κ1) is 14.0. The molecule has 0 aromatic carbocycles. The zero-order valence-electron chi connectivity index (χ0n) is 9.57. The van der Waals surface area contributed by atoms with Gasteiger partial charge in [-0.1, -0.05) is 59.8 Å². The Kier molecular flexibility index (Phi) is 7.31. The summed E-state index contributed by atoms with van der Waals surface area (Å²) >= 11 is 0. The van der Waals surface area contributed by atoms with Crippen LogP contribution in [0.25, 0.3) is 0 Å². The van der Waals surface area contributed by atoms with E-state index in [0.29, 0.717) is 0 Å². The molecule has 0 N–H and O–H groups in total. The van der Waals surface area contributed by atoms with Crippen LogP contribution >= 0.6 is 0 Å². The lowest BCUT2D eigenvalue weighted by atomic mass is 9.65. The second-order valence-corrected chi connectivity index (χ2v) is 4.62. The Bertz CT molecular complexity index is 94.5. The van der Waals surface area contributed by atoms with Crippen LogP contribution in [-0.2, 0) is 0 Å². The van der Waals surface area contributed by atoms with E-state index in [0.717, 1.165) is 5.41 Å². The van der Waals surface area contributed by atoms with E-state index >= 15 is 0 Å². The SMILES string of the molecule is C.C1CCC2(CC1)CCCCC2.CC. The largest absolute Gasteiger partial charge is 0.0776 e. The van der Waals surface area contributed by atoms with E-state index in [1.54, 1.807) is 25.7 Å². The van der Waals surface area contributed by atoms with Gasteiger partial charge in [0, 0.05) is 0 Å². The monoisotopic (exact) mass is 198 g/mol. The van der Waals surface area contributed by atoms with Gasteiger partial charge in [-0.15, -0.1) is 0 Å². The van der Waals surface area contributed by atoms with E-state index < -0.39 is 0 Å². The van der Waals surface area contributed by atoms with Crippen LogP contribution in [0.2, 0.25) is 0 Å². The summed E-state index contributed by atoms with van der Waals surface area (Å²) in [4.78, 5) is 0. The van der Waals surface area contributed by atoms with Crippen molar-refractivity contribution in [2.24, 2.45) is 5.41 Å². The Labute approximate surface area is 91.5 Å². The topological polar surface area (TPSA) is 0 Å². The number of hydrogen-bond acceptors (Lipinski definition) is 0. The highest BCUT2D eigenvalue weighted by Gasteiger charge is 2.32. The van der Waals surface area contributed by atoms with E-state index in [9.17, 15) is 0 Å². The maximum absolute atomic E-state index is 2.00. The van der Waals surface area contributed by atoms with Gasteiger partial charge in [0.15, 0.2) is 0 Å². The predicted octanol–water partition coefficient (Wildman–Crippen LogP) is 5.56. The third-order valence-electron chi connectivity index (χ3n) is 3.83. The number of rotatable bonds is 0. The molecule has 2 fully saturated rings. The summed E-state index contributed by atoms with van der Waals surface area (Å²) in [6.45, 7) is 4.00. The molecule has 0 nitrogen and oxygen atoms in total. The van der Waals surface area contributed by atoms with Crippen molar-refractivity contribution in [3.8, 4) is 0 Å². The van der Waals surface area contributed by atoms with Gasteiger partial charge in [0.1, 0.15) is 0 Å². The maximum atomic E-state index is 2.00. The lowest BCUT2D eigenvalue weighted by Crippen LogP contribution is -2.26. The van der Waals surface area contributed by atoms with Gasteiger partial charge in [0.2, 0.25) is 0 Å². The van der Waals surface area contributed by atoms with Gasteiger partial charge in [-0.05, 0) is 31.1 Å². The Balaban J connectivity index is 0.000000531. The van der Waals surface area contributed by atoms with Gasteiger partial charge in [-0.25, -0.2) is 0 Å². The van der Waals surface area contributed by atoms with Crippen molar-refractivity contribution in [3.63, 3.8) is 0 Å². The molecule has 0 amide bonds. The molecule has 0 aliphatic heterocycles. The summed E-state index contributed by atoms with van der Waals surface area (Å²) in [5.74, 6) is 0. The molecule has 86 valence electrons. The van der Waals surface area contributed by atoms with Crippen molar-refractivity contribution in [1.29, 1.82) is 0 Å². The fourth-order valence-corrected chi connectivity index (χ4v) is 3.10. The molecule has 0 radical (unpaired) electrons. The molecular weight excluding hydrogens is 168 g/mol. The minimum atomic E-state index is 0. The quantitative estimate of drug-likeness (QED) is 0.478. The highest BCUT2D eigenvalue weighted by molar-refractivity contribution is 4.85. The molecule has 0 saturated heterocycles. The van der Waals surface area contributed by atoms with Crippen LogP contribution in [-0.4, -0.2) is 0 Å². The van der Waals surface area contributed by atoms with E-state index in [-0.39, 0.29) is 7.43 Å². The van der Waals surface area contributed by atoms with Gasteiger partial charge in [0.25, 0.3) is 0 Å². The molecule has 14 heavy (non-hydrogen) atoms. The van der Waals surface area contributed by atoms with Crippen molar-refractivity contribution < 1.29 is 0 Å². The smallest absolute Gasteiger partial charge is 0.0297 e. The fourth-order valence-electron chi connectivity index (χ4n) is 3.10. The Morgan fingerprint density at radius 3 is 1.14 bits per heavy atom. The zero-order valence-corrected chi connectivity index (χ0v) is 9.57. The molecule has 0 bridgehead atoms. The lowest BCUT2D eigenvalue weighted by Gasteiger charge is -2.40. The molecule has 0 unspecified atom stereocenters. The maximum Gasteiger partial charge on any atom is -0.0297 e. The summed E-state index contributed by atoms with van der Waals surface area (Å²) in [6, 6.07) is 0. The van der Waals surface area contributed by atoms with Crippen LogP contribution < -0.4 is 0 Å². The summed E-state index contributed by atoms with van der Waals surface area (Å²) in [6.07, 6.45) is 15.4. The Hall–Kier alpha value is 0. The first-order chi connectivity index (χ1) is 6.41. The Morgan fingerprint density at radius 2 is 0.857 bits per heavy atom. The first-order valence-electron chi connectivity index (χ1n) is 6.41. The highest BCUT2D eigenvalue weighted by atomic mass is 14.4. The second kappa shape index (κ2) is 7.31. The van der Waals surface area contributed by atoms with Crippen molar-refractivity contribution >= 4 is 0 Å². The summed E-state index contributed by atoms with van der Waals surface area (Å²) in [5, 5.41) is 0. The van der Waals surface area contributed by atoms with Gasteiger partial charge < -0.3 is 0 Å². The predicted molar refractivity (Wildman–Crippen MR) is 66.7 cm³/mol. The second-order valence-electron chi connectivity index (χ2n) is 4.62. The lowest BCUT2D eigenvalue weighted by molar-refractivity contribution is 0.124. The van der Waals surface area contributed by atoms with Gasteiger partial charge in [-0.2, -0.15) is 0 Å². The minimum absolute atomic E-state index is 0. The molecule has 0 heteroatoms. The van der Waals surface area contributed by atoms with Crippen molar-refractivity contribution in [1.82, 2.24) is 0 Å². The van der Waals surface area contributed by atoms with Gasteiger partial charge >= 0.3 is 0 Å². The molecule has 2 aliphatic carbocycles. The van der Waals surface area contributed by atoms with Crippen LogP contribution in [0, 0.1) is 5.41 Å². The number of hydrogen-bond donors (Lipinski definition) is 0. The molecule has 0 heterocycles. The highest BCUT2D eigenvalue weighted by Crippen LogP contribution is 2.47. The van der Waals surface area contributed by atoms with Crippen molar-refractivity contribution in [3.05, 3.63) is 0 Å². The molecule has 1 spiro atoms. The molecule has 0 aromatic rings. The van der Waals surface area contributed by atoms with E-state index in [2.05, 4.69) is 0 Å². The van der Waals surface area contributed by atoms with Crippen molar-refractivity contribution in [2.75, 3.05) is 0 Å². The molecule has 0 atom stereocenters. The van der Waals surface area contributed by atoms with Crippen LogP contribution in [0.3, 0.4) is 0 Å². The molecular formula is C14H30. The summed E-state index contributed by atoms with van der Waals surface area (Å²) < 4.78 is 0. The van der Waals surface area contributed by atoms with E-state index in [1.807, 2.05) is 13.8 Å². The third-order valence-corrected chi connectivity index (χ3v) is 3.83. The molecule has 2 saturated carbocycles. The average molecular weight is 198 g/mol. The van der Waals surface area contributed by atoms with E-state index in [4.69, 9.17) is 0 Å². The molecule has 0 aromatic heterocycles. The fraction of sp³-hybridized carbons (Fsp3) is 1.00. The third kappa shape index (κ3) is 3.63. The summed E-state index contributed by atoms with van der Waals surface area (Å²) in [7, 11) is 0. The van der Waals surface area contributed by atoms with Gasteiger partial charge in [-0.3, -0.25) is 0 Å². The van der Waals surface area contributed by atoms with Crippen molar-refractivity contribution in [2.45, 2.75) is 85.5 Å². The zero-order chi connectivity index (χ0) is 9.57. The van der Waals surface area contributed by atoms with Crippen LogP contribution in [0.15, 0.2) is 0 Å². The van der Waals surface area contributed by atoms with Crippen LogP contribution in [0.1, 0.15) is 85.5 Å². The average Bonchev–Trinajstić information content (AvgIpc) is 2.23. The van der Waals surface area contributed by atoms with Gasteiger partial charge in [0.05, 0.1) is 0 Å². The summed E-state index contributed by atoms with van der Waals surface area (Å²) in [5.41, 5.74) is 0.858. The normalized spacial score (nSPS) is 24.4. The van der Waals surface area contributed by atoms with Crippen LogP contribution in [0.5, 0.6) is 0 Å². The van der Waals surface area contributed by atoms with Crippen LogP contribution in [0.4, 0.5) is 0 Å². The molecule has 2 aliphatic rings. The minimum Gasteiger partial charge on any atom is -0.0776 e. The standard InChI is InChI=1S/C11H20.C2H6.CH4/c1-3-7-11(8-4-1)9-5-2-6-10-11;1-2;/h1-10H2;1-2H3;1H4. The Morgan fingerprint density at radius 1 is 0.571 bits per heavy atom.